The number of benzene rings is 1. The minimum Gasteiger partial charge on any atom is -0.399 e. The van der Waals surface area contributed by atoms with Crippen molar-refractivity contribution >= 4 is 15.7 Å². The summed E-state index contributed by atoms with van der Waals surface area (Å²) in [4.78, 5) is 2.02. The van der Waals surface area contributed by atoms with Crippen LogP contribution in [0.3, 0.4) is 0 Å². The molecule has 0 saturated heterocycles. The molecule has 0 radical (unpaired) electrons. The van der Waals surface area contributed by atoms with Gasteiger partial charge in [-0.05, 0) is 58.1 Å². The maximum absolute atomic E-state index is 12.4. The molecule has 0 aromatic heterocycles. The Morgan fingerprint density at radius 1 is 1.29 bits per heavy atom. The molecule has 1 aromatic rings. The van der Waals surface area contributed by atoms with Crippen molar-refractivity contribution in [3.8, 4) is 0 Å². The molecular formula is C14H25N3O3S. The van der Waals surface area contributed by atoms with Gasteiger partial charge in [-0.1, -0.05) is 0 Å². The average molecular weight is 315 g/mol. The molecule has 1 aromatic carbocycles. The fraction of sp³-hybridized carbons (Fsp3) is 0.571. The number of sulfonamides is 1. The van der Waals surface area contributed by atoms with Gasteiger partial charge in [0.1, 0.15) is 0 Å². The van der Waals surface area contributed by atoms with Gasteiger partial charge in [-0.25, -0.2) is 13.1 Å². The first-order valence-electron chi connectivity index (χ1n) is 6.68. The van der Waals surface area contributed by atoms with E-state index in [0.717, 1.165) is 0 Å². The van der Waals surface area contributed by atoms with Crippen LogP contribution in [0, 0.1) is 13.8 Å². The van der Waals surface area contributed by atoms with Crippen LogP contribution in [0.5, 0.6) is 0 Å². The summed E-state index contributed by atoms with van der Waals surface area (Å²) in [5.74, 6) is 0. The molecular weight excluding hydrogens is 290 g/mol. The molecule has 0 spiro atoms. The van der Waals surface area contributed by atoms with Crippen molar-refractivity contribution in [3.63, 3.8) is 0 Å². The number of likely N-dealkylation sites (N-methyl/N-ethyl adjacent to an activating group) is 1. The van der Waals surface area contributed by atoms with Gasteiger partial charge in [-0.2, -0.15) is 0 Å². The molecule has 4 N–H and O–H groups in total. The van der Waals surface area contributed by atoms with E-state index in [1.165, 1.54) is 0 Å². The van der Waals surface area contributed by atoms with Crippen LogP contribution in [-0.2, 0) is 10.0 Å². The van der Waals surface area contributed by atoms with Crippen molar-refractivity contribution in [3.05, 3.63) is 23.3 Å². The van der Waals surface area contributed by atoms with Crippen molar-refractivity contribution in [2.45, 2.75) is 31.3 Å². The Balaban J connectivity index is 2.98. The van der Waals surface area contributed by atoms with E-state index >= 15 is 0 Å². The van der Waals surface area contributed by atoms with Crippen LogP contribution in [0.15, 0.2) is 17.0 Å². The molecule has 120 valence electrons. The van der Waals surface area contributed by atoms with Gasteiger partial charge < -0.3 is 15.7 Å². The van der Waals surface area contributed by atoms with Gasteiger partial charge in [0.05, 0.1) is 10.5 Å². The summed E-state index contributed by atoms with van der Waals surface area (Å²) in [5, 5.41) is 10.2. The Kier molecular flexibility index (Phi) is 5.38. The van der Waals surface area contributed by atoms with E-state index in [9.17, 15) is 13.5 Å². The van der Waals surface area contributed by atoms with Gasteiger partial charge in [-0.15, -0.1) is 0 Å². The Morgan fingerprint density at radius 2 is 1.76 bits per heavy atom. The van der Waals surface area contributed by atoms with Crippen molar-refractivity contribution in [1.29, 1.82) is 0 Å². The van der Waals surface area contributed by atoms with Crippen molar-refractivity contribution in [1.82, 2.24) is 9.62 Å². The van der Waals surface area contributed by atoms with E-state index in [0.29, 0.717) is 23.4 Å². The minimum atomic E-state index is -3.69. The fourth-order valence-corrected chi connectivity index (χ4v) is 4.08. The number of rotatable bonds is 6. The first-order valence-corrected chi connectivity index (χ1v) is 8.16. The smallest absolute Gasteiger partial charge is 0.241 e. The number of anilines is 1. The quantitative estimate of drug-likeness (QED) is 0.664. The first kappa shape index (κ1) is 17.9. The third kappa shape index (κ3) is 4.96. The zero-order chi connectivity index (χ0) is 16.4. The molecule has 7 heteroatoms. The van der Waals surface area contributed by atoms with E-state index in [1.54, 1.807) is 37.8 Å². The molecule has 6 nitrogen and oxygen atoms in total. The van der Waals surface area contributed by atoms with Crippen LogP contribution in [0.4, 0.5) is 5.69 Å². The number of aryl methyl sites for hydroxylation is 2. The summed E-state index contributed by atoms with van der Waals surface area (Å²) in [7, 11) is -0.0580. The molecule has 0 amide bonds. The lowest BCUT2D eigenvalue weighted by atomic mass is 10.1. The highest BCUT2D eigenvalue weighted by atomic mass is 32.2. The summed E-state index contributed by atoms with van der Waals surface area (Å²) in [5.41, 5.74) is 6.27. The van der Waals surface area contributed by atoms with Crippen LogP contribution in [0.25, 0.3) is 0 Å². The van der Waals surface area contributed by atoms with Gasteiger partial charge in [0.2, 0.25) is 10.0 Å². The summed E-state index contributed by atoms with van der Waals surface area (Å²) >= 11 is 0. The normalized spacial score (nSPS) is 15.2. The number of nitrogens with two attached hydrogens (primary N) is 1. The highest BCUT2D eigenvalue weighted by Crippen LogP contribution is 2.23. The number of hydrogen-bond acceptors (Lipinski definition) is 5. The summed E-state index contributed by atoms with van der Waals surface area (Å²) in [6.45, 7) is 5.30. The second kappa shape index (κ2) is 6.31. The lowest BCUT2D eigenvalue weighted by molar-refractivity contribution is 0.0386. The van der Waals surface area contributed by atoms with Gasteiger partial charge in [0.15, 0.2) is 0 Å². The van der Waals surface area contributed by atoms with Crippen LogP contribution in [0.2, 0.25) is 0 Å². The number of aliphatic hydroxyl groups is 1. The molecule has 0 fully saturated rings. The standard InChI is InChI=1S/C14H25N3O3S/c1-10-6-12(15)7-11(2)13(10)21(19,20)16-8-14(3,18)9-17(4)5/h6-7,16,18H,8-9,15H2,1-5H3. The van der Waals surface area contributed by atoms with Crippen LogP contribution < -0.4 is 10.5 Å². The molecule has 0 heterocycles. The third-order valence-corrected chi connectivity index (χ3v) is 4.76. The highest BCUT2D eigenvalue weighted by Gasteiger charge is 2.26. The second-order valence-electron chi connectivity index (χ2n) is 6.04. The highest BCUT2D eigenvalue weighted by molar-refractivity contribution is 7.89. The van der Waals surface area contributed by atoms with Crippen LogP contribution in [0.1, 0.15) is 18.1 Å². The Labute approximate surface area is 127 Å². The van der Waals surface area contributed by atoms with Gasteiger partial charge in [-0.3, -0.25) is 0 Å². The Morgan fingerprint density at radius 3 is 2.19 bits per heavy atom. The van der Waals surface area contributed by atoms with E-state index in [-0.39, 0.29) is 11.4 Å². The number of nitrogen functional groups attached to an aromatic ring is 1. The zero-order valence-corrected chi connectivity index (χ0v) is 14.1. The molecule has 0 aliphatic carbocycles. The number of hydrogen-bond donors (Lipinski definition) is 3. The molecule has 1 atom stereocenters. The van der Waals surface area contributed by atoms with Gasteiger partial charge in [0.25, 0.3) is 0 Å². The number of nitrogens with one attached hydrogen (secondary N) is 1. The average Bonchev–Trinajstić information content (AvgIpc) is 2.23. The molecule has 1 unspecified atom stereocenters. The number of nitrogens with zero attached hydrogens (tertiary/aromatic N) is 1. The van der Waals surface area contributed by atoms with E-state index in [1.807, 2.05) is 14.1 Å². The SMILES string of the molecule is Cc1cc(N)cc(C)c1S(=O)(=O)NCC(C)(O)CN(C)C. The Hall–Kier alpha value is -1.15. The monoisotopic (exact) mass is 315 g/mol. The third-order valence-electron chi connectivity index (χ3n) is 3.05. The molecule has 0 bridgehead atoms. The molecule has 0 aliphatic heterocycles. The molecule has 21 heavy (non-hydrogen) atoms. The molecule has 0 saturated carbocycles. The minimum absolute atomic E-state index is 0.0588. The summed E-state index contributed by atoms with van der Waals surface area (Å²) in [6, 6.07) is 3.25. The molecule has 0 aliphatic rings. The predicted molar refractivity (Wildman–Crippen MR) is 84.7 cm³/mol. The van der Waals surface area contributed by atoms with Crippen molar-refractivity contribution in [2.24, 2.45) is 0 Å². The first-order chi connectivity index (χ1) is 9.44. The Bertz CT molecular complexity index is 587. The van der Waals surface area contributed by atoms with Crippen molar-refractivity contribution < 1.29 is 13.5 Å². The van der Waals surface area contributed by atoms with E-state index in [2.05, 4.69) is 4.72 Å². The largest absolute Gasteiger partial charge is 0.399 e. The summed E-state index contributed by atoms with van der Waals surface area (Å²) < 4.78 is 27.4. The lowest BCUT2D eigenvalue weighted by Crippen LogP contribution is -2.47. The predicted octanol–water partition coefficient (Wildman–Crippen LogP) is 0.477. The zero-order valence-electron chi connectivity index (χ0n) is 13.3. The van der Waals surface area contributed by atoms with Crippen LogP contribution >= 0.6 is 0 Å². The summed E-state index contributed by atoms with van der Waals surface area (Å²) in [6.07, 6.45) is 0. The van der Waals surface area contributed by atoms with Gasteiger partial charge >= 0.3 is 0 Å². The topological polar surface area (TPSA) is 95.7 Å². The molecule has 1 rings (SSSR count). The maximum Gasteiger partial charge on any atom is 0.241 e. The maximum atomic E-state index is 12.4. The lowest BCUT2D eigenvalue weighted by Gasteiger charge is -2.27. The second-order valence-corrected chi connectivity index (χ2v) is 7.75. The van der Waals surface area contributed by atoms with Crippen molar-refractivity contribution in [2.75, 3.05) is 32.9 Å². The van der Waals surface area contributed by atoms with Crippen LogP contribution in [-0.4, -0.2) is 51.2 Å². The van der Waals surface area contributed by atoms with E-state index < -0.39 is 15.6 Å². The fourth-order valence-electron chi connectivity index (χ4n) is 2.47. The van der Waals surface area contributed by atoms with Gasteiger partial charge in [0, 0.05) is 18.8 Å². The van der Waals surface area contributed by atoms with E-state index in [4.69, 9.17) is 5.73 Å².